The third-order valence-electron chi connectivity index (χ3n) is 2.17. The molecule has 1 atom stereocenters. The van der Waals surface area contributed by atoms with E-state index in [1.165, 1.54) is 37.8 Å². The van der Waals surface area contributed by atoms with Gasteiger partial charge in [0.05, 0.1) is 0 Å². The highest BCUT2D eigenvalue weighted by Crippen LogP contribution is 2.08. The molecule has 0 saturated carbocycles. The predicted octanol–water partition coefficient (Wildman–Crippen LogP) is 1.61. The van der Waals surface area contributed by atoms with E-state index in [1.54, 1.807) is 0 Å². The number of rotatable bonds is 7. The van der Waals surface area contributed by atoms with E-state index in [9.17, 15) is 0 Å². The molecule has 0 saturated heterocycles. The van der Waals surface area contributed by atoms with Crippen molar-refractivity contribution in [1.29, 1.82) is 0 Å². The van der Waals surface area contributed by atoms with Crippen molar-refractivity contribution >= 4 is 19.5 Å². The lowest BCUT2D eigenvalue weighted by Gasteiger charge is -2.10. The number of hydrogen-bond donors (Lipinski definition) is 0. The van der Waals surface area contributed by atoms with E-state index in [2.05, 4.69) is 13.8 Å². The zero-order valence-corrected chi connectivity index (χ0v) is 11.4. The van der Waals surface area contributed by atoms with Gasteiger partial charge in [0.25, 0.3) is 0 Å². The van der Waals surface area contributed by atoms with Gasteiger partial charge in [-0.2, -0.15) is 0 Å². The van der Waals surface area contributed by atoms with Crippen LogP contribution in [0.2, 0.25) is 12.1 Å². The monoisotopic (exact) mass is 190 g/mol. The van der Waals surface area contributed by atoms with Crippen LogP contribution < -0.4 is 0 Å². The molecule has 0 N–H and O–H groups in total. The van der Waals surface area contributed by atoms with Gasteiger partial charge < -0.3 is 4.12 Å². The molecule has 1 nitrogen and oxygen atoms in total. The van der Waals surface area contributed by atoms with Gasteiger partial charge >= 0.3 is 0 Å². The zero-order valence-electron chi connectivity index (χ0n) is 8.23. The Balaban J connectivity index is 3.07. The van der Waals surface area contributed by atoms with Crippen LogP contribution in [-0.2, 0) is 4.12 Å². The van der Waals surface area contributed by atoms with Gasteiger partial charge in [0.1, 0.15) is 10.5 Å². The zero-order chi connectivity index (χ0) is 8.53. The fourth-order valence-corrected chi connectivity index (χ4v) is 4.72. The van der Waals surface area contributed by atoms with Crippen molar-refractivity contribution in [1.82, 2.24) is 0 Å². The highest BCUT2D eigenvalue weighted by Gasteiger charge is 2.04. The van der Waals surface area contributed by atoms with Gasteiger partial charge in [-0.05, 0) is 12.1 Å². The van der Waals surface area contributed by atoms with Crippen molar-refractivity contribution in [2.75, 3.05) is 0 Å². The van der Waals surface area contributed by atoms with E-state index < -0.39 is 9.04 Å². The Kier molecular flexibility index (Phi) is 8.79. The summed E-state index contributed by atoms with van der Waals surface area (Å²) in [4.78, 5) is 0. The Morgan fingerprint density at radius 1 is 1.18 bits per heavy atom. The molecule has 0 aliphatic rings. The minimum absolute atomic E-state index is 0.673. The van der Waals surface area contributed by atoms with Crippen molar-refractivity contribution < 1.29 is 4.12 Å². The smallest absolute Gasteiger partial charge is 0.162 e. The predicted molar refractivity (Wildman–Crippen MR) is 57.6 cm³/mol. The maximum atomic E-state index is 5.56. The quantitative estimate of drug-likeness (QED) is 0.438. The van der Waals surface area contributed by atoms with Crippen molar-refractivity contribution in [3.8, 4) is 0 Å². The van der Waals surface area contributed by atoms with E-state index in [-0.39, 0.29) is 0 Å². The molecule has 0 radical (unpaired) electrons. The summed E-state index contributed by atoms with van der Waals surface area (Å²) in [5, 5.41) is 0. The number of unbranched alkanes of at least 4 members (excludes halogenated alkanes) is 3. The molecular weight excluding hydrogens is 168 g/mol. The topological polar surface area (TPSA) is 9.23 Å². The van der Waals surface area contributed by atoms with Crippen LogP contribution in [0.5, 0.6) is 0 Å². The lowest BCUT2D eigenvalue weighted by Crippen LogP contribution is -2.14. The molecule has 0 spiro atoms. The average molecular weight is 190 g/mol. The van der Waals surface area contributed by atoms with Crippen molar-refractivity contribution in [2.24, 2.45) is 0 Å². The van der Waals surface area contributed by atoms with Crippen LogP contribution in [0, 0.1) is 0 Å². The SMILES string of the molecule is CCCCCC[SiH](CC)O[SiH3]. The highest BCUT2D eigenvalue weighted by molar-refractivity contribution is 6.55. The van der Waals surface area contributed by atoms with E-state index in [1.807, 2.05) is 0 Å². The van der Waals surface area contributed by atoms with E-state index in [4.69, 9.17) is 4.12 Å². The molecule has 0 heterocycles. The molecule has 0 bridgehead atoms. The van der Waals surface area contributed by atoms with Gasteiger partial charge in [-0.15, -0.1) is 0 Å². The van der Waals surface area contributed by atoms with Crippen LogP contribution in [0.4, 0.5) is 0 Å². The second-order valence-corrected chi connectivity index (χ2v) is 7.64. The van der Waals surface area contributed by atoms with Gasteiger partial charge in [-0.3, -0.25) is 0 Å². The van der Waals surface area contributed by atoms with Gasteiger partial charge in [-0.1, -0.05) is 39.5 Å². The summed E-state index contributed by atoms with van der Waals surface area (Å²) in [7, 11) is 0.290. The largest absolute Gasteiger partial charge is 0.466 e. The van der Waals surface area contributed by atoms with E-state index in [0.29, 0.717) is 0 Å². The lowest BCUT2D eigenvalue weighted by atomic mass is 10.2. The molecule has 0 aliphatic carbocycles. The van der Waals surface area contributed by atoms with Gasteiger partial charge in [0.15, 0.2) is 9.04 Å². The summed E-state index contributed by atoms with van der Waals surface area (Å²) in [6.45, 7) is 4.53. The average Bonchev–Trinajstić information content (AvgIpc) is 2.05. The third-order valence-corrected chi connectivity index (χ3v) is 6.80. The summed E-state index contributed by atoms with van der Waals surface area (Å²) in [5.74, 6) is 0. The standard InChI is InChI=1S/C8H22OSi2/c1-3-5-6-7-8-11(4-2)9-10/h11H,3-8H2,1-2,10H3. The Labute approximate surface area is 75.8 Å². The van der Waals surface area contributed by atoms with Crippen LogP contribution >= 0.6 is 0 Å². The van der Waals surface area contributed by atoms with Crippen molar-refractivity contribution in [3.05, 3.63) is 0 Å². The molecule has 0 aromatic heterocycles. The van der Waals surface area contributed by atoms with Crippen LogP contribution in [0.25, 0.3) is 0 Å². The minimum atomic E-state index is -0.673. The molecule has 3 heteroatoms. The van der Waals surface area contributed by atoms with Gasteiger partial charge in [-0.25, -0.2) is 0 Å². The lowest BCUT2D eigenvalue weighted by molar-refractivity contribution is 0.607. The fourth-order valence-electron chi connectivity index (χ4n) is 1.29. The first-order chi connectivity index (χ1) is 5.35. The second kappa shape index (κ2) is 8.49. The Hall–Kier alpha value is 0.394. The molecule has 0 aromatic rings. The molecular formula is C8H22OSi2. The van der Waals surface area contributed by atoms with Gasteiger partial charge in [0.2, 0.25) is 0 Å². The first kappa shape index (κ1) is 11.4. The van der Waals surface area contributed by atoms with Crippen LogP contribution in [0.1, 0.15) is 39.5 Å². The van der Waals surface area contributed by atoms with Crippen molar-refractivity contribution in [2.45, 2.75) is 51.6 Å². The van der Waals surface area contributed by atoms with Gasteiger partial charge in [0, 0.05) is 0 Å². The number of hydrogen-bond acceptors (Lipinski definition) is 1. The normalized spacial score (nSPS) is 13.6. The summed E-state index contributed by atoms with van der Waals surface area (Å²) in [5.41, 5.74) is 0. The molecule has 0 aliphatic heterocycles. The Morgan fingerprint density at radius 2 is 1.91 bits per heavy atom. The first-order valence-corrected chi connectivity index (χ1v) is 7.80. The molecule has 0 rings (SSSR count). The summed E-state index contributed by atoms with van der Waals surface area (Å²) < 4.78 is 5.56. The van der Waals surface area contributed by atoms with E-state index in [0.717, 1.165) is 10.5 Å². The Bertz CT molecular complexity index is 74.5. The highest BCUT2D eigenvalue weighted by atomic mass is 28.3. The Morgan fingerprint density at radius 3 is 2.36 bits per heavy atom. The van der Waals surface area contributed by atoms with Crippen LogP contribution in [0.3, 0.4) is 0 Å². The fraction of sp³-hybridized carbons (Fsp3) is 1.00. The summed E-state index contributed by atoms with van der Waals surface area (Å²) in [6, 6.07) is 2.75. The molecule has 0 amide bonds. The van der Waals surface area contributed by atoms with Crippen LogP contribution in [0.15, 0.2) is 0 Å². The first-order valence-electron chi connectivity index (χ1n) is 4.87. The van der Waals surface area contributed by atoms with Crippen molar-refractivity contribution in [3.63, 3.8) is 0 Å². The maximum Gasteiger partial charge on any atom is 0.162 e. The molecule has 0 fully saturated rings. The molecule has 1 unspecified atom stereocenters. The second-order valence-electron chi connectivity index (χ2n) is 3.12. The summed E-state index contributed by atoms with van der Waals surface area (Å²) in [6.07, 6.45) is 5.60. The van der Waals surface area contributed by atoms with E-state index >= 15 is 0 Å². The molecule has 0 aromatic carbocycles. The maximum absolute atomic E-state index is 5.56. The summed E-state index contributed by atoms with van der Waals surface area (Å²) >= 11 is 0. The minimum Gasteiger partial charge on any atom is -0.466 e. The third kappa shape index (κ3) is 6.78. The van der Waals surface area contributed by atoms with Crippen LogP contribution in [-0.4, -0.2) is 19.5 Å². The molecule has 68 valence electrons. The molecule has 11 heavy (non-hydrogen) atoms.